The van der Waals surface area contributed by atoms with Crippen LogP contribution in [0, 0.1) is 20.8 Å². The molecule has 0 bridgehead atoms. The summed E-state index contributed by atoms with van der Waals surface area (Å²) >= 11 is 0. The van der Waals surface area contributed by atoms with E-state index in [-0.39, 0.29) is 18.4 Å². The molecule has 2 amide bonds. The van der Waals surface area contributed by atoms with Crippen LogP contribution in [0.15, 0.2) is 42.5 Å². The summed E-state index contributed by atoms with van der Waals surface area (Å²) in [6, 6.07) is 13.2. The van der Waals surface area contributed by atoms with Gasteiger partial charge in [0.05, 0.1) is 0 Å². The van der Waals surface area contributed by atoms with Crippen molar-refractivity contribution in [3.63, 3.8) is 0 Å². The molecule has 1 atom stereocenters. The van der Waals surface area contributed by atoms with Crippen LogP contribution in [0.3, 0.4) is 0 Å². The molecule has 156 valence electrons. The number of rotatable bonds is 9. The van der Waals surface area contributed by atoms with E-state index < -0.39 is 6.04 Å². The fraction of sp³-hybridized carbons (Fsp3) is 0.417. The Kier molecular flexibility index (Phi) is 8.25. The minimum Gasteiger partial charge on any atom is -0.483 e. The minimum atomic E-state index is -0.537. The number of ether oxygens (including phenoxy) is 1. The highest BCUT2D eigenvalue weighted by Crippen LogP contribution is 2.21. The van der Waals surface area contributed by atoms with E-state index in [1.54, 1.807) is 4.90 Å². The van der Waals surface area contributed by atoms with Crippen LogP contribution in [-0.4, -0.2) is 35.9 Å². The molecule has 2 aromatic rings. The van der Waals surface area contributed by atoms with Gasteiger partial charge in [0.1, 0.15) is 11.8 Å². The molecular formula is C24H32N2O3. The Labute approximate surface area is 174 Å². The Morgan fingerprint density at radius 3 is 2.45 bits per heavy atom. The number of amides is 2. The van der Waals surface area contributed by atoms with Crippen molar-refractivity contribution < 1.29 is 14.3 Å². The van der Waals surface area contributed by atoms with Crippen LogP contribution in [0.4, 0.5) is 0 Å². The SMILES string of the molecule is CCNC(=O)[C@H](CC)N(Cc1cccc(C)c1)C(=O)COc1cccc(C)c1C. The number of likely N-dealkylation sites (N-methyl/N-ethyl adjacent to an activating group) is 1. The van der Waals surface area contributed by atoms with Gasteiger partial charge in [-0.2, -0.15) is 0 Å². The maximum atomic E-state index is 13.1. The van der Waals surface area contributed by atoms with Gasteiger partial charge in [0.15, 0.2) is 6.61 Å². The van der Waals surface area contributed by atoms with Gasteiger partial charge in [-0.15, -0.1) is 0 Å². The summed E-state index contributed by atoms with van der Waals surface area (Å²) < 4.78 is 5.83. The fourth-order valence-electron chi connectivity index (χ4n) is 3.32. The van der Waals surface area contributed by atoms with E-state index in [0.717, 1.165) is 22.3 Å². The molecular weight excluding hydrogens is 364 g/mol. The molecule has 1 N–H and O–H groups in total. The predicted octanol–water partition coefficient (Wildman–Crippen LogP) is 3.93. The van der Waals surface area contributed by atoms with Crippen molar-refractivity contribution in [1.29, 1.82) is 0 Å². The summed E-state index contributed by atoms with van der Waals surface area (Å²) in [5.74, 6) is 0.355. The Bertz CT molecular complexity index is 848. The second kappa shape index (κ2) is 10.6. The molecule has 2 rings (SSSR count). The molecule has 0 aliphatic rings. The average Bonchev–Trinajstić information content (AvgIpc) is 2.69. The lowest BCUT2D eigenvalue weighted by Crippen LogP contribution is -2.50. The third-order valence-corrected chi connectivity index (χ3v) is 5.08. The van der Waals surface area contributed by atoms with E-state index in [1.165, 1.54) is 0 Å². The predicted molar refractivity (Wildman–Crippen MR) is 116 cm³/mol. The molecule has 0 radical (unpaired) electrons. The molecule has 2 aromatic carbocycles. The monoisotopic (exact) mass is 396 g/mol. The van der Waals surface area contributed by atoms with E-state index in [2.05, 4.69) is 5.32 Å². The van der Waals surface area contributed by atoms with Gasteiger partial charge >= 0.3 is 0 Å². The van der Waals surface area contributed by atoms with Crippen LogP contribution in [0.2, 0.25) is 0 Å². The zero-order chi connectivity index (χ0) is 21.4. The van der Waals surface area contributed by atoms with E-state index in [1.807, 2.05) is 77.1 Å². The zero-order valence-electron chi connectivity index (χ0n) is 18.1. The maximum Gasteiger partial charge on any atom is 0.261 e. The van der Waals surface area contributed by atoms with Crippen LogP contribution in [0.1, 0.15) is 42.5 Å². The van der Waals surface area contributed by atoms with Gasteiger partial charge < -0.3 is 15.0 Å². The fourth-order valence-corrected chi connectivity index (χ4v) is 3.32. The number of benzene rings is 2. The molecule has 0 unspecified atom stereocenters. The molecule has 5 nitrogen and oxygen atoms in total. The van der Waals surface area contributed by atoms with E-state index >= 15 is 0 Å². The van der Waals surface area contributed by atoms with Crippen LogP contribution < -0.4 is 10.1 Å². The minimum absolute atomic E-state index is 0.105. The van der Waals surface area contributed by atoms with E-state index in [4.69, 9.17) is 4.74 Å². The van der Waals surface area contributed by atoms with Crippen molar-refractivity contribution in [2.75, 3.05) is 13.2 Å². The van der Waals surface area contributed by atoms with Gasteiger partial charge in [0.2, 0.25) is 5.91 Å². The first-order chi connectivity index (χ1) is 13.9. The quantitative estimate of drug-likeness (QED) is 0.699. The number of nitrogens with one attached hydrogen (secondary N) is 1. The van der Waals surface area contributed by atoms with Gasteiger partial charge in [0.25, 0.3) is 5.91 Å². The molecule has 0 aliphatic heterocycles. The molecule has 0 saturated heterocycles. The van der Waals surface area contributed by atoms with E-state index in [0.29, 0.717) is 25.3 Å². The average molecular weight is 397 g/mol. The largest absolute Gasteiger partial charge is 0.483 e. The molecule has 0 fully saturated rings. The number of nitrogens with zero attached hydrogens (tertiary/aromatic N) is 1. The van der Waals surface area contributed by atoms with Crippen LogP contribution in [0.5, 0.6) is 5.75 Å². The van der Waals surface area contributed by atoms with Crippen molar-refractivity contribution in [2.45, 2.75) is 53.6 Å². The first-order valence-electron chi connectivity index (χ1n) is 10.2. The lowest BCUT2D eigenvalue weighted by Gasteiger charge is -2.30. The molecule has 0 aliphatic carbocycles. The molecule has 0 heterocycles. The van der Waals surface area contributed by atoms with Gasteiger partial charge in [-0.05, 0) is 56.9 Å². The van der Waals surface area contributed by atoms with Crippen LogP contribution in [-0.2, 0) is 16.1 Å². The van der Waals surface area contributed by atoms with Gasteiger partial charge in [-0.3, -0.25) is 9.59 Å². The number of aryl methyl sites for hydroxylation is 2. The lowest BCUT2D eigenvalue weighted by atomic mass is 10.1. The Hall–Kier alpha value is -2.82. The second-order valence-electron chi connectivity index (χ2n) is 7.32. The number of hydrogen-bond acceptors (Lipinski definition) is 3. The van der Waals surface area contributed by atoms with Crippen LogP contribution >= 0.6 is 0 Å². The van der Waals surface area contributed by atoms with Gasteiger partial charge in [0, 0.05) is 13.1 Å². The summed E-state index contributed by atoms with van der Waals surface area (Å²) in [4.78, 5) is 27.4. The number of hydrogen-bond donors (Lipinski definition) is 1. The Balaban J connectivity index is 2.23. The van der Waals surface area contributed by atoms with Crippen molar-refractivity contribution in [3.8, 4) is 5.75 Å². The Morgan fingerprint density at radius 1 is 1.07 bits per heavy atom. The number of carbonyl (C=O) groups is 2. The summed E-state index contributed by atoms with van der Waals surface area (Å²) in [7, 11) is 0. The van der Waals surface area contributed by atoms with Crippen molar-refractivity contribution >= 4 is 11.8 Å². The third-order valence-electron chi connectivity index (χ3n) is 5.08. The molecule has 0 aromatic heterocycles. The molecule has 5 heteroatoms. The molecule has 29 heavy (non-hydrogen) atoms. The maximum absolute atomic E-state index is 13.1. The standard InChI is InChI=1S/C24H32N2O3/c1-6-21(24(28)25-7-2)26(15-20-12-8-10-17(3)14-20)23(27)16-29-22-13-9-11-18(4)19(22)5/h8-14,21H,6-7,15-16H2,1-5H3,(H,25,28)/t21-/m0/s1. The topological polar surface area (TPSA) is 58.6 Å². The summed E-state index contributed by atoms with van der Waals surface area (Å²) in [5.41, 5.74) is 4.24. The summed E-state index contributed by atoms with van der Waals surface area (Å²) in [6.45, 7) is 10.6. The first-order valence-corrected chi connectivity index (χ1v) is 10.2. The zero-order valence-corrected chi connectivity index (χ0v) is 18.1. The third kappa shape index (κ3) is 6.08. The van der Waals surface area contributed by atoms with Gasteiger partial charge in [-0.1, -0.05) is 48.9 Å². The van der Waals surface area contributed by atoms with Gasteiger partial charge in [-0.25, -0.2) is 0 Å². The summed E-state index contributed by atoms with van der Waals surface area (Å²) in [6.07, 6.45) is 0.535. The normalized spacial score (nSPS) is 11.6. The number of carbonyl (C=O) groups excluding carboxylic acids is 2. The van der Waals surface area contributed by atoms with Crippen molar-refractivity contribution in [2.24, 2.45) is 0 Å². The first kappa shape index (κ1) is 22.5. The second-order valence-corrected chi connectivity index (χ2v) is 7.32. The van der Waals surface area contributed by atoms with Crippen LogP contribution in [0.25, 0.3) is 0 Å². The highest BCUT2D eigenvalue weighted by molar-refractivity contribution is 5.88. The molecule has 0 spiro atoms. The van der Waals surface area contributed by atoms with E-state index in [9.17, 15) is 9.59 Å². The smallest absolute Gasteiger partial charge is 0.261 e. The molecule has 0 saturated carbocycles. The highest BCUT2D eigenvalue weighted by atomic mass is 16.5. The lowest BCUT2D eigenvalue weighted by molar-refractivity contribution is -0.142. The summed E-state index contributed by atoms with van der Waals surface area (Å²) in [5, 5.41) is 2.85. The van der Waals surface area contributed by atoms with Crippen molar-refractivity contribution in [1.82, 2.24) is 10.2 Å². The Morgan fingerprint density at radius 2 is 1.79 bits per heavy atom. The highest BCUT2D eigenvalue weighted by Gasteiger charge is 2.28. The van der Waals surface area contributed by atoms with Crippen molar-refractivity contribution in [3.05, 3.63) is 64.7 Å².